The molecule has 0 spiro atoms. The number of carbonyl (C=O) groups is 1. The Morgan fingerprint density at radius 2 is 2.26 bits per heavy atom. The standard InChI is InChI=1S/C15H22N6O2/c1-11-3-6-17-14-19-12(20-21(11)14)13(22)18-9-15(10-23-2)4-7-16-8-5-15/h3,6,16H,4-5,7-10H2,1-2H3,(H,18,22). The van der Waals surface area contributed by atoms with Crippen molar-refractivity contribution in [1.82, 2.24) is 30.2 Å². The van der Waals surface area contributed by atoms with Gasteiger partial charge in [0.25, 0.3) is 11.7 Å². The van der Waals surface area contributed by atoms with E-state index in [0.29, 0.717) is 18.9 Å². The van der Waals surface area contributed by atoms with Crippen LogP contribution in [0.1, 0.15) is 29.2 Å². The van der Waals surface area contributed by atoms with Crippen LogP contribution in [-0.4, -0.2) is 58.8 Å². The first-order valence-corrected chi connectivity index (χ1v) is 7.80. The van der Waals surface area contributed by atoms with Crippen LogP contribution in [0.2, 0.25) is 0 Å². The van der Waals surface area contributed by atoms with E-state index in [1.807, 2.05) is 13.0 Å². The zero-order chi connectivity index (χ0) is 16.3. The lowest BCUT2D eigenvalue weighted by molar-refractivity contribution is 0.0509. The number of aryl methyl sites for hydroxylation is 1. The molecular weight excluding hydrogens is 296 g/mol. The normalized spacial score (nSPS) is 17.3. The fourth-order valence-corrected chi connectivity index (χ4v) is 2.98. The molecule has 2 aromatic rings. The second-order valence-corrected chi connectivity index (χ2v) is 6.10. The van der Waals surface area contributed by atoms with E-state index in [-0.39, 0.29) is 17.1 Å². The number of fused-ring (bicyclic) bond motifs is 1. The molecule has 8 nitrogen and oxygen atoms in total. The maximum atomic E-state index is 12.4. The van der Waals surface area contributed by atoms with Crippen LogP contribution in [0.15, 0.2) is 12.3 Å². The molecule has 1 saturated heterocycles. The fourth-order valence-electron chi connectivity index (χ4n) is 2.98. The SMILES string of the molecule is COCC1(CNC(=O)c2nc3nccc(C)n3n2)CCNCC1. The average Bonchev–Trinajstić information content (AvgIpc) is 3.00. The van der Waals surface area contributed by atoms with Crippen LogP contribution in [0, 0.1) is 12.3 Å². The Hall–Kier alpha value is -2.06. The van der Waals surface area contributed by atoms with Gasteiger partial charge < -0.3 is 15.4 Å². The number of carbonyl (C=O) groups excluding carboxylic acids is 1. The van der Waals surface area contributed by atoms with E-state index < -0.39 is 0 Å². The van der Waals surface area contributed by atoms with Gasteiger partial charge in [0.1, 0.15) is 0 Å². The van der Waals surface area contributed by atoms with Crippen LogP contribution in [-0.2, 0) is 4.74 Å². The Bertz CT molecular complexity index is 687. The third kappa shape index (κ3) is 3.32. The highest BCUT2D eigenvalue weighted by molar-refractivity contribution is 5.90. The van der Waals surface area contributed by atoms with Gasteiger partial charge in [0.05, 0.1) is 6.61 Å². The number of amides is 1. The molecule has 8 heteroatoms. The fraction of sp³-hybridized carbons (Fsp3) is 0.600. The van der Waals surface area contributed by atoms with Gasteiger partial charge in [0, 0.05) is 31.0 Å². The summed E-state index contributed by atoms with van der Waals surface area (Å²) < 4.78 is 6.94. The molecule has 0 radical (unpaired) electrons. The van der Waals surface area contributed by atoms with Gasteiger partial charge in [-0.3, -0.25) is 4.79 Å². The van der Waals surface area contributed by atoms with E-state index in [1.54, 1.807) is 17.8 Å². The van der Waals surface area contributed by atoms with Gasteiger partial charge in [0.2, 0.25) is 5.82 Å². The van der Waals surface area contributed by atoms with Crippen molar-refractivity contribution in [1.29, 1.82) is 0 Å². The molecule has 1 amide bonds. The smallest absolute Gasteiger partial charge is 0.291 e. The van der Waals surface area contributed by atoms with Gasteiger partial charge in [0.15, 0.2) is 0 Å². The molecule has 3 rings (SSSR count). The van der Waals surface area contributed by atoms with Crippen molar-refractivity contribution in [2.75, 3.05) is 33.4 Å². The lowest BCUT2D eigenvalue weighted by Crippen LogP contribution is -2.47. The number of rotatable bonds is 5. The van der Waals surface area contributed by atoms with Gasteiger partial charge in [-0.15, -0.1) is 5.10 Å². The van der Waals surface area contributed by atoms with Crippen molar-refractivity contribution in [2.24, 2.45) is 5.41 Å². The van der Waals surface area contributed by atoms with Gasteiger partial charge in [-0.25, -0.2) is 9.50 Å². The van der Waals surface area contributed by atoms with Gasteiger partial charge in [-0.1, -0.05) is 0 Å². The van der Waals surface area contributed by atoms with Crippen molar-refractivity contribution in [3.63, 3.8) is 0 Å². The quantitative estimate of drug-likeness (QED) is 0.817. The molecule has 2 aromatic heterocycles. The molecule has 23 heavy (non-hydrogen) atoms. The molecular formula is C15H22N6O2. The van der Waals surface area contributed by atoms with Crippen molar-refractivity contribution < 1.29 is 9.53 Å². The number of ether oxygens (including phenoxy) is 1. The minimum atomic E-state index is -0.274. The van der Waals surface area contributed by atoms with Gasteiger partial charge in [-0.05, 0) is 38.9 Å². The number of methoxy groups -OCH3 is 1. The Kier molecular flexibility index (Phi) is 4.53. The van der Waals surface area contributed by atoms with E-state index in [0.717, 1.165) is 31.6 Å². The first kappa shape index (κ1) is 15.8. The summed E-state index contributed by atoms with van der Waals surface area (Å²) in [5, 5.41) is 10.5. The maximum Gasteiger partial charge on any atom is 0.291 e. The highest BCUT2D eigenvalue weighted by Gasteiger charge is 2.33. The van der Waals surface area contributed by atoms with Crippen LogP contribution >= 0.6 is 0 Å². The van der Waals surface area contributed by atoms with Crippen LogP contribution in [0.5, 0.6) is 0 Å². The lowest BCUT2D eigenvalue weighted by atomic mass is 9.79. The molecule has 124 valence electrons. The molecule has 1 aliphatic rings. The monoisotopic (exact) mass is 318 g/mol. The Morgan fingerprint density at radius 3 is 2.96 bits per heavy atom. The third-order valence-electron chi connectivity index (χ3n) is 4.37. The third-order valence-corrected chi connectivity index (χ3v) is 4.37. The summed E-state index contributed by atoms with van der Waals surface area (Å²) in [7, 11) is 1.70. The second-order valence-electron chi connectivity index (χ2n) is 6.10. The summed E-state index contributed by atoms with van der Waals surface area (Å²) in [6.45, 7) is 4.97. The highest BCUT2D eigenvalue weighted by atomic mass is 16.5. The molecule has 1 fully saturated rings. The summed E-state index contributed by atoms with van der Waals surface area (Å²) in [5.74, 6) is 0.306. The first-order valence-electron chi connectivity index (χ1n) is 7.80. The van der Waals surface area contributed by atoms with E-state index in [4.69, 9.17) is 4.74 Å². The summed E-state index contributed by atoms with van der Waals surface area (Å²) in [6, 6.07) is 1.83. The summed E-state index contributed by atoms with van der Waals surface area (Å²) in [4.78, 5) is 20.7. The largest absolute Gasteiger partial charge is 0.384 e. The second kappa shape index (κ2) is 6.59. The minimum absolute atomic E-state index is 0.0248. The van der Waals surface area contributed by atoms with E-state index in [9.17, 15) is 4.79 Å². The molecule has 0 unspecified atom stereocenters. The number of nitrogens with zero attached hydrogens (tertiary/aromatic N) is 4. The molecule has 0 aromatic carbocycles. The first-order chi connectivity index (χ1) is 11.1. The number of hydrogen-bond acceptors (Lipinski definition) is 6. The highest BCUT2D eigenvalue weighted by Crippen LogP contribution is 2.28. The molecule has 3 heterocycles. The van der Waals surface area contributed by atoms with Crippen molar-refractivity contribution in [2.45, 2.75) is 19.8 Å². The van der Waals surface area contributed by atoms with Crippen molar-refractivity contribution >= 4 is 11.7 Å². The molecule has 0 saturated carbocycles. The predicted molar refractivity (Wildman–Crippen MR) is 84.3 cm³/mol. The Balaban J connectivity index is 1.71. The van der Waals surface area contributed by atoms with Crippen LogP contribution in [0.4, 0.5) is 0 Å². The average molecular weight is 318 g/mol. The van der Waals surface area contributed by atoms with E-state index >= 15 is 0 Å². The predicted octanol–water partition coefficient (Wildman–Crippen LogP) is 0.179. The number of aromatic nitrogens is 4. The van der Waals surface area contributed by atoms with Gasteiger partial charge >= 0.3 is 0 Å². The summed E-state index contributed by atoms with van der Waals surface area (Å²) in [6.07, 6.45) is 3.60. The zero-order valence-corrected chi connectivity index (χ0v) is 13.5. The zero-order valence-electron chi connectivity index (χ0n) is 13.5. The number of piperidine rings is 1. The molecule has 2 N–H and O–H groups in total. The lowest BCUT2D eigenvalue weighted by Gasteiger charge is -2.37. The molecule has 0 atom stereocenters. The van der Waals surface area contributed by atoms with Gasteiger partial charge in [-0.2, -0.15) is 4.98 Å². The number of nitrogens with one attached hydrogen (secondary N) is 2. The topological polar surface area (TPSA) is 93.4 Å². The minimum Gasteiger partial charge on any atom is -0.384 e. The van der Waals surface area contributed by atoms with Crippen LogP contribution < -0.4 is 10.6 Å². The van der Waals surface area contributed by atoms with Crippen molar-refractivity contribution in [3.8, 4) is 0 Å². The van der Waals surface area contributed by atoms with Crippen LogP contribution in [0.3, 0.4) is 0 Å². The molecule has 1 aliphatic heterocycles. The maximum absolute atomic E-state index is 12.4. The molecule has 0 aliphatic carbocycles. The Labute approximate surface area is 134 Å². The van der Waals surface area contributed by atoms with E-state index in [2.05, 4.69) is 25.7 Å². The number of hydrogen-bond donors (Lipinski definition) is 2. The van der Waals surface area contributed by atoms with E-state index in [1.165, 1.54) is 0 Å². The van der Waals surface area contributed by atoms with Crippen LogP contribution in [0.25, 0.3) is 5.78 Å². The summed E-state index contributed by atoms with van der Waals surface area (Å²) in [5.41, 5.74) is 0.860. The Morgan fingerprint density at radius 1 is 1.48 bits per heavy atom. The van der Waals surface area contributed by atoms with Crippen molar-refractivity contribution in [3.05, 3.63) is 23.8 Å². The molecule has 0 bridgehead atoms. The summed E-state index contributed by atoms with van der Waals surface area (Å²) >= 11 is 0.